The summed E-state index contributed by atoms with van der Waals surface area (Å²) in [5.74, 6) is 5.04. The molecule has 0 bridgehead atoms. The Hall–Kier alpha value is 0.610. The Bertz CT molecular complexity index is 870. The standard InChI is InChI=1S/C29H50O4S.Na/c1-7-21(19(2)3)9-8-20(4)25-12-13-26-24-11-10-22-18-23(33-34(30,31)32)14-16-28(22,5)27(24)15-17-29(25,26)6;/h11,19-23,25-27H,7-10,12-18H2,1-6H3,(H,30,31,32);/q;+1/p-1/t20-,21?,22?,23+,25-,26+,27+,28+,29-;/m1./s1. The second kappa shape index (κ2) is 11.4. The smallest absolute Gasteiger partial charge is 0.726 e. The maximum Gasteiger partial charge on any atom is 1.00 e. The van der Waals surface area contributed by atoms with Crippen LogP contribution in [0, 0.1) is 52.3 Å². The maximum absolute atomic E-state index is 11.2. The predicted octanol–water partition coefficient (Wildman–Crippen LogP) is 4.51. The van der Waals surface area contributed by atoms with Crippen LogP contribution in [0.15, 0.2) is 11.6 Å². The van der Waals surface area contributed by atoms with Crippen LogP contribution in [0.25, 0.3) is 0 Å². The summed E-state index contributed by atoms with van der Waals surface area (Å²) in [6.45, 7) is 14.7. The predicted molar refractivity (Wildman–Crippen MR) is 137 cm³/mol. The van der Waals surface area contributed by atoms with Crippen LogP contribution < -0.4 is 29.6 Å². The number of fused-ring (bicyclic) bond motifs is 5. The van der Waals surface area contributed by atoms with Gasteiger partial charge in [-0.3, -0.25) is 4.18 Å². The first-order valence-corrected chi connectivity index (χ1v) is 15.6. The van der Waals surface area contributed by atoms with Crippen molar-refractivity contribution in [2.45, 2.75) is 118 Å². The fraction of sp³-hybridized carbons (Fsp3) is 0.931. The maximum atomic E-state index is 11.2. The van der Waals surface area contributed by atoms with Gasteiger partial charge in [-0.05, 0) is 110 Å². The van der Waals surface area contributed by atoms with Crippen LogP contribution in [-0.2, 0) is 14.6 Å². The zero-order chi connectivity index (χ0) is 24.9. The third-order valence-electron chi connectivity index (χ3n) is 11.5. The molecular formula is C29H49NaO4S. The van der Waals surface area contributed by atoms with Gasteiger partial charge in [-0.15, -0.1) is 0 Å². The Morgan fingerprint density at radius 3 is 2.31 bits per heavy atom. The van der Waals surface area contributed by atoms with Crippen molar-refractivity contribution < 1.29 is 46.7 Å². The van der Waals surface area contributed by atoms with Gasteiger partial charge in [0.2, 0.25) is 10.4 Å². The molecule has 0 aromatic rings. The molecular weight excluding hydrogens is 467 g/mol. The van der Waals surface area contributed by atoms with Crippen molar-refractivity contribution in [3.63, 3.8) is 0 Å². The Kier molecular flexibility index (Phi) is 9.81. The van der Waals surface area contributed by atoms with Gasteiger partial charge in [0.05, 0.1) is 6.10 Å². The SMILES string of the molecule is CCC(CC[C@@H](C)[C@H]1CC[C@H]2C3=CCC4C[C@@H](OS(=O)(=O)[O-])CC[C@]4(C)[C@H]3CC[C@]12C)C(C)C.[Na+]. The summed E-state index contributed by atoms with van der Waals surface area (Å²) < 4.78 is 38.4. The van der Waals surface area contributed by atoms with Crippen molar-refractivity contribution in [1.82, 2.24) is 0 Å². The monoisotopic (exact) mass is 516 g/mol. The van der Waals surface area contributed by atoms with Crippen molar-refractivity contribution in [2.75, 3.05) is 0 Å². The van der Waals surface area contributed by atoms with Gasteiger partial charge < -0.3 is 4.55 Å². The minimum atomic E-state index is -4.62. The first kappa shape index (κ1) is 30.2. The van der Waals surface area contributed by atoms with E-state index in [4.69, 9.17) is 4.18 Å². The molecule has 0 aromatic heterocycles. The topological polar surface area (TPSA) is 66.4 Å². The fourth-order valence-electron chi connectivity index (χ4n) is 9.39. The van der Waals surface area contributed by atoms with Gasteiger partial charge in [0.1, 0.15) is 0 Å². The molecule has 4 aliphatic carbocycles. The van der Waals surface area contributed by atoms with E-state index >= 15 is 0 Å². The van der Waals surface area contributed by atoms with Crippen LogP contribution in [0.4, 0.5) is 0 Å². The average Bonchev–Trinajstić information content (AvgIpc) is 3.10. The van der Waals surface area contributed by atoms with Crippen molar-refractivity contribution in [3.05, 3.63) is 11.6 Å². The summed E-state index contributed by atoms with van der Waals surface area (Å²) in [5, 5.41) is 0. The van der Waals surface area contributed by atoms with E-state index in [1.807, 2.05) is 0 Å². The molecule has 6 heteroatoms. The molecule has 196 valence electrons. The first-order chi connectivity index (χ1) is 15.9. The zero-order valence-electron chi connectivity index (χ0n) is 23.5. The molecule has 0 amide bonds. The number of rotatable bonds is 8. The molecule has 0 N–H and O–H groups in total. The summed E-state index contributed by atoms with van der Waals surface area (Å²) in [5.41, 5.74) is 2.39. The van der Waals surface area contributed by atoms with Gasteiger partial charge in [-0.25, -0.2) is 8.42 Å². The second-order valence-corrected chi connectivity index (χ2v) is 14.4. The van der Waals surface area contributed by atoms with Crippen molar-refractivity contribution in [2.24, 2.45) is 52.3 Å². The normalized spacial score (nSPS) is 40.7. The molecule has 4 aliphatic rings. The van der Waals surface area contributed by atoms with Crippen LogP contribution in [0.3, 0.4) is 0 Å². The molecule has 0 radical (unpaired) electrons. The summed E-state index contributed by atoms with van der Waals surface area (Å²) in [6, 6.07) is 0. The molecule has 0 spiro atoms. The first-order valence-electron chi connectivity index (χ1n) is 14.2. The molecule has 2 unspecified atom stereocenters. The zero-order valence-corrected chi connectivity index (χ0v) is 26.3. The van der Waals surface area contributed by atoms with E-state index < -0.39 is 16.5 Å². The molecule has 3 saturated carbocycles. The van der Waals surface area contributed by atoms with E-state index in [-0.39, 0.29) is 35.0 Å². The number of hydrogen-bond donors (Lipinski definition) is 0. The quantitative estimate of drug-likeness (QED) is 0.206. The Balaban J connectivity index is 0.00000342. The molecule has 35 heavy (non-hydrogen) atoms. The van der Waals surface area contributed by atoms with Crippen LogP contribution >= 0.6 is 0 Å². The van der Waals surface area contributed by atoms with Crippen molar-refractivity contribution in [3.8, 4) is 0 Å². The van der Waals surface area contributed by atoms with Crippen molar-refractivity contribution >= 4 is 10.4 Å². The van der Waals surface area contributed by atoms with Crippen LogP contribution in [-0.4, -0.2) is 19.1 Å². The molecule has 4 nitrogen and oxygen atoms in total. The van der Waals surface area contributed by atoms with E-state index in [0.29, 0.717) is 30.1 Å². The van der Waals surface area contributed by atoms with Gasteiger partial charge in [-0.1, -0.05) is 66.0 Å². The summed E-state index contributed by atoms with van der Waals surface area (Å²) >= 11 is 0. The van der Waals surface area contributed by atoms with Crippen LogP contribution in [0.2, 0.25) is 0 Å². The second-order valence-electron chi connectivity index (χ2n) is 13.3. The average molecular weight is 517 g/mol. The molecule has 9 atom stereocenters. The molecule has 0 saturated heterocycles. The van der Waals surface area contributed by atoms with E-state index in [0.717, 1.165) is 42.4 Å². The van der Waals surface area contributed by atoms with Crippen molar-refractivity contribution in [1.29, 1.82) is 0 Å². The number of hydrogen-bond acceptors (Lipinski definition) is 4. The molecule has 0 aliphatic heterocycles. The number of allylic oxidation sites excluding steroid dienone is 2. The Morgan fingerprint density at radius 2 is 1.69 bits per heavy atom. The Morgan fingerprint density at radius 1 is 1.03 bits per heavy atom. The third-order valence-corrected chi connectivity index (χ3v) is 12.0. The Labute approximate surface area is 238 Å². The van der Waals surface area contributed by atoms with E-state index in [1.165, 1.54) is 44.9 Å². The van der Waals surface area contributed by atoms with Gasteiger partial charge in [0.15, 0.2) is 0 Å². The molecule has 4 rings (SSSR count). The van der Waals surface area contributed by atoms with Crippen LogP contribution in [0.5, 0.6) is 0 Å². The summed E-state index contributed by atoms with van der Waals surface area (Å²) in [7, 11) is -4.62. The molecule has 0 aromatic carbocycles. The fourth-order valence-corrected chi connectivity index (χ4v) is 9.90. The van der Waals surface area contributed by atoms with Gasteiger partial charge in [0, 0.05) is 0 Å². The van der Waals surface area contributed by atoms with Gasteiger partial charge >= 0.3 is 29.6 Å². The third kappa shape index (κ3) is 5.96. The van der Waals surface area contributed by atoms with Crippen LogP contribution in [0.1, 0.15) is 112 Å². The van der Waals surface area contributed by atoms with E-state index in [2.05, 4.69) is 47.6 Å². The minimum Gasteiger partial charge on any atom is -0.726 e. The summed E-state index contributed by atoms with van der Waals surface area (Å²) in [4.78, 5) is 0. The van der Waals surface area contributed by atoms with Gasteiger partial charge in [-0.2, -0.15) is 0 Å². The molecule has 0 heterocycles. The summed E-state index contributed by atoms with van der Waals surface area (Å²) in [6.07, 6.45) is 14.9. The molecule has 3 fully saturated rings. The van der Waals surface area contributed by atoms with E-state index in [9.17, 15) is 13.0 Å². The minimum absolute atomic E-state index is 0. The van der Waals surface area contributed by atoms with E-state index in [1.54, 1.807) is 5.57 Å². The largest absolute Gasteiger partial charge is 1.00 e. The van der Waals surface area contributed by atoms with Gasteiger partial charge in [0.25, 0.3) is 0 Å².